The fourth-order valence-corrected chi connectivity index (χ4v) is 3.05. The number of aliphatic hydroxyl groups is 1. The lowest BCUT2D eigenvalue weighted by molar-refractivity contribution is 0.132. The van der Waals surface area contributed by atoms with E-state index in [0.717, 1.165) is 18.4 Å². The Kier molecular flexibility index (Phi) is 4.32. The van der Waals surface area contributed by atoms with E-state index >= 15 is 0 Å². The number of fused-ring (bicyclic) bond motifs is 1. The molecule has 2 atom stereocenters. The van der Waals surface area contributed by atoms with Gasteiger partial charge in [-0.2, -0.15) is 0 Å². The van der Waals surface area contributed by atoms with Crippen LogP contribution in [0.15, 0.2) is 18.2 Å². The highest BCUT2D eigenvalue weighted by Crippen LogP contribution is 2.31. The van der Waals surface area contributed by atoms with Crippen molar-refractivity contribution in [1.82, 2.24) is 0 Å². The maximum absolute atomic E-state index is 10.4. The fraction of sp³-hybridized carbons (Fsp3) is 0.647. The van der Waals surface area contributed by atoms with Crippen molar-refractivity contribution >= 4 is 0 Å². The fourth-order valence-electron chi connectivity index (χ4n) is 3.05. The zero-order valence-corrected chi connectivity index (χ0v) is 12.6. The van der Waals surface area contributed by atoms with E-state index in [1.54, 1.807) is 0 Å². The Morgan fingerprint density at radius 1 is 1.21 bits per heavy atom. The molecule has 0 saturated heterocycles. The van der Waals surface area contributed by atoms with Gasteiger partial charge in [-0.3, -0.25) is 0 Å². The van der Waals surface area contributed by atoms with Gasteiger partial charge in [0.05, 0.1) is 19.3 Å². The summed E-state index contributed by atoms with van der Waals surface area (Å²) < 4.78 is 5.41. The first-order valence-electron chi connectivity index (χ1n) is 7.23. The van der Waals surface area contributed by atoms with Crippen molar-refractivity contribution in [2.24, 2.45) is 11.3 Å². The SMILES string of the molecule is CC(CC(O)c1ccc2c(c1)COC2)CC(C)(C)C. The van der Waals surface area contributed by atoms with Crippen LogP contribution in [0.3, 0.4) is 0 Å². The van der Waals surface area contributed by atoms with Crippen molar-refractivity contribution in [1.29, 1.82) is 0 Å². The average molecular weight is 262 g/mol. The van der Waals surface area contributed by atoms with Crippen molar-refractivity contribution in [3.8, 4) is 0 Å². The third-order valence-electron chi connectivity index (χ3n) is 3.72. The second-order valence-corrected chi connectivity index (χ2v) is 7.14. The maximum atomic E-state index is 10.4. The van der Waals surface area contributed by atoms with Gasteiger partial charge in [0, 0.05) is 0 Å². The van der Waals surface area contributed by atoms with E-state index in [0.29, 0.717) is 24.5 Å². The van der Waals surface area contributed by atoms with Crippen LogP contribution in [-0.4, -0.2) is 5.11 Å². The van der Waals surface area contributed by atoms with E-state index in [9.17, 15) is 5.11 Å². The Morgan fingerprint density at radius 3 is 2.58 bits per heavy atom. The van der Waals surface area contributed by atoms with Crippen LogP contribution in [0.4, 0.5) is 0 Å². The molecular weight excluding hydrogens is 236 g/mol. The zero-order chi connectivity index (χ0) is 14.0. The van der Waals surface area contributed by atoms with E-state index in [1.807, 2.05) is 6.07 Å². The van der Waals surface area contributed by atoms with Gasteiger partial charge in [-0.1, -0.05) is 45.9 Å². The summed E-state index contributed by atoms with van der Waals surface area (Å²) in [7, 11) is 0. The quantitative estimate of drug-likeness (QED) is 0.880. The number of aliphatic hydroxyl groups excluding tert-OH is 1. The molecule has 1 N–H and O–H groups in total. The highest BCUT2D eigenvalue weighted by atomic mass is 16.5. The molecule has 0 fully saturated rings. The summed E-state index contributed by atoms with van der Waals surface area (Å²) >= 11 is 0. The van der Waals surface area contributed by atoms with Gasteiger partial charge in [-0.05, 0) is 40.9 Å². The molecule has 1 aliphatic heterocycles. The summed E-state index contributed by atoms with van der Waals surface area (Å²) in [6.07, 6.45) is 1.61. The lowest BCUT2D eigenvalue weighted by Crippen LogP contribution is -2.13. The molecule has 0 bridgehead atoms. The van der Waals surface area contributed by atoms with Crippen LogP contribution in [0.25, 0.3) is 0 Å². The van der Waals surface area contributed by atoms with Crippen molar-refractivity contribution in [3.05, 3.63) is 34.9 Å². The number of hydrogen-bond acceptors (Lipinski definition) is 2. The summed E-state index contributed by atoms with van der Waals surface area (Å²) in [6.45, 7) is 10.4. The van der Waals surface area contributed by atoms with E-state index in [2.05, 4.69) is 39.8 Å². The summed E-state index contributed by atoms with van der Waals surface area (Å²) in [6, 6.07) is 6.24. The second-order valence-electron chi connectivity index (χ2n) is 7.14. The van der Waals surface area contributed by atoms with Gasteiger partial charge in [-0.15, -0.1) is 0 Å². The van der Waals surface area contributed by atoms with Gasteiger partial charge in [0.15, 0.2) is 0 Å². The Labute approximate surface area is 116 Å². The highest BCUT2D eigenvalue weighted by Gasteiger charge is 2.20. The molecule has 2 unspecified atom stereocenters. The molecule has 2 nitrogen and oxygen atoms in total. The van der Waals surface area contributed by atoms with Gasteiger partial charge in [0.25, 0.3) is 0 Å². The molecule has 0 spiro atoms. The maximum Gasteiger partial charge on any atom is 0.0792 e. The number of rotatable bonds is 4. The van der Waals surface area contributed by atoms with Gasteiger partial charge >= 0.3 is 0 Å². The average Bonchev–Trinajstić information content (AvgIpc) is 2.72. The molecule has 1 heterocycles. The van der Waals surface area contributed by atoms with Crippen molar-refractivity contribution in [3.63, 3.8) is 0 Å². The summed E-state index contributed by atoms with van der Waals surface area (Å²) in [5.41, 5.74) is 3.86. The van der Waals surface area contributed by atoms with Crippen LogP contribution in [0.5, 0.6) is 0 Å². The largest absolute Gasteiger partial charge is 0.388 e. The van der Waals surface area contributed by atoms with Crippen LogP contribution in [0.2, 0.25) is 0 Å². The lowest BCUT2D eigenvalue weighted by Gasteiger charge is -2.25. The molecule has 1 aromatic rings. The smallest absolute Gasteiger partial charge is 0.0792 e. The van der Waals surface area contributed by atoms with Crippen molar-refractivity contribution in [2.45, 2.75) is 59.9 Å². The van der Waals surface area contributed by atoms with Crippen LogP contribution < -0.4 is 0 Å². The number of hydrogen-bond donors (Lipinski definition) is 1. The minimum Gasteiger partial charge on any atom is -0.388 e. The molecular formula is C17H26O2. The summed E-state index contributed by atoms with van der Waals surface area (Å²) in [4.78, 5) is 0. The Morgan fingerprint density at radius 2 is 1.89 bits per heavy atom. The topological polar surface area (TPSA) is 29.5 Å². The minimum atomic E-state index is -0.358. The van der Waals surface area contributed by atoms with E-state index in [-0.39, 0.29) is 6.10 Å². The summed E-state index contributed by atoms with van der Waals surface area (Å²) in [5, 5.41) is 10.4. The normalized spacial score (nSPS) is 18.2. The molecule has 0 aliphatic carbocycles. The third kappa shape index (κ3) is 4.05. The van der Waals surface area contributed by atoms with E-state index < -0.39 is 0 Å². The standard InChI is InChI=1S/C17H26O2/c1-12(9-17(2,3)4)7-16(18)13-5-6-14-10-19-11-15(14)8-13/h5-6,8,12,16,18H,7,9-11H2,1-4H3. The van der Waals surface area contributed by atoms with Crippen molar-refractivity contribution < 1.29 is 9.84 Å². The molecule has 2 heteroatoms. The number of ether oxygens (including phenoxy) is 1. The first-order valence-corrected chi connectivity index (χ1v) is 7.23. The molecule has 2 rings (SSSR count). The zero-order valence-electron chi connectivity index (χ0n) is 12.6. The molecule has 1 aliphatic rings. The number of benzene rings is 1. The van der Waals surface area contributed by atoms with Crippen molar-refractivity contribution in [2.75, 3.05) is 0 Å². The lowest BCUT2D eigenvalue weighted by atomic mass is 9.82. The third-order valence-corrected chi connectivity index (χ3v) is 3.72. The van der Waals surface area contributed by atoms with E-state index in [1.165, 1.54) is 11.1 Å². The van der Waals surface area contributed by atoms with Crippen LogP contribution in [-0.2, 0) is 18.0 Å². The Balaban J connectivity index is 1.98. The first kappa shape index (κ1) is 14.5. The molecule has 0 saturated carbocycles. The molecule has 106 valence electrons. The predicted molar refractivity (Wildman–Crippen MR) is 77.7 cm³/mol. The van der Waals surface area contributed by atoms with Gasteiger partial charge in [-0.25, -0.2) is 0 Å². The Hall–Kier alpha value is -0.860. The second kappa shape index (κ2) is 5.64. The molecule has 0 aromatic heterocycles. The van der Waals surface area contributed by atoms with Crippen LogP contribution in [0.1, 0.15) is 63.3 Å². The summed E-state index contributed by atoms with van der Waals surface area (Å²) in [5.74, 6) is 0.527. The first-order chi connectivity index (χ1) is 8.85. The highest BCUT2D eigenvalue weighted by molar-refractivity contribution is 5.34. The van der Waals surface area contributed by atoms with Crippen LogP contribution in [0, 0.1) is 11.3 Å². The van der Waals surface area contributed by atoms with E-state index in [4.69, 9.17) is 4.74 Å². The molecule has 0 radical (unpaired) electrons. The van der Waals surface area contributed by atoms with Gasteiger partial charge < -0.3 is 9.84 Å². The van der Waals surface area contributed by atoms with Gasteiger partial charge in [0.1, 0.15) is 0 Å². The minimum absolute atomic E-state index is 0.324. The molecule has 1 aromatic carbocycles. The monoisotopic (exact) mass is 262 g/mol. The molecule has 0 amide bonds. The van der Waals surface area contributed by atoms with Gasteiger partial charge in [0.2, 0.25) is 0 Å². The Bertz CT molecular complexity index is 431. The van der Waals surface area contributed by atoms with Crippen LogP contribution >= 0.6 is 0 Å². The predicted octanol–water partition coefficient (Wildman–Crippen LogP) is 4.21. The molecule has 19 heavy (non-hydrogen) atoms.